The number of nitrogens with one attached hydrogen (secondary N) is 1. The second-order valence-electron chi connectivity index (χ2n) is 5.63. The fourth-order valence-electron chi connectivity index (χ4n) is 2.54. The third kappa shape index (κ3) is 4.55. The van der Waals surface area contributed by atoms with Crippen LogP contribution in [0, 0.1) is 0 Å². The van der Waals surface area contributed by atoms with Crippen LogP contribution in [0.3, 0.4) is 0 Å². The van der Waals surface area contributed by atoms with E-state index in [9.17, 15) is 4.79 Å². The van der Waals surface area contributed by atoms with E-state index in [-0.39, 0.29) is 18.3 Å². The largest absolute Gasteiger partial charge is 0.497 e. The molecule has 3 rings (SSSR count). The molecule has 27 heavy (non-hydrogen) atoms. The number of benzene rings is 2. The Morgan fingerprint density at radius 2 is 1.78 bits per heavy atom. The van der Waals surface area contributed by atoms with Crippen molar-refractivity contribution in [3.05, 3.63) is 78.0 Å². The number of hydrogen-bond donors (Lipinski definition) is 1. The van der Waals surface area contributed by atoms with Gasteiger partial charge in [0.1, 0.15) is 22.8 Å². The lowest BCUT2D eigenvalue weighted by molar-refractivity contribution is 0.0947. The van der Waals surface area contributed by atoms with Gasteiger partial charge >= 0.3 is 0 Å². The van der Waals surface area contributed by atoms with Crippen molar-refractivity contribution in [2.75, 3.05) is 14.2 Å². The molecule has 0 aliphatic rings. The van der Waals surface area contributed by atoms with Crippen molar-refractivity contribution in [1.82, 2.24) is 10.3 Å². The van der Waals surface area contributed by atoms with E-state index in [0.717, 1.165) is 5.56 Å². The third-order valence-electron chi connectivity index (χ3n) is 3.90. The van der Waals surface area contributed by atoms with Gasteiger partial charge in [0.05, 0.1) is 14.2 Å². The summed E-state index contributed by atoms with van der Waals surface area (Å²) >= 11 is 0. The first-order valence-electron chi connectivity index (χ1n) is 8.38. The summed E-state index contributed by atoms with van der Waals surface area (Å²) in [5, 5.41) is 2.87. The summed E-state index contributed by atoms with van der Waals surface area (Å²) in [4.78, 5) is 16.9. The van der Waals surface area contributed by atoms with Crippen LogP contribution in [0.25, 0.3) is 0 Å². The number of rotatable bonds is 7. The standard InChI is InChI=1S/C21H20N2O4/c1-25-17-10-11-19(26-2)15(13-17)14-23-20(24)18-9-6-12-22-21(18)27-16-7-4-3-5-8-16/h3-13H,14H2,1-2H3,(H,23,24). The van der Waals surface area contributed by atoms with Gasteiger partial charge < -0.3 is 19.5 Å². The first-order chi connectivity index (χ1) is 13.2. The molecule has 0 atom stereocenters. The van der Waals surface area contributed by atoms with Crippen molar-refractivity contribution in [1.29, 1.82) is 0 Å². The molecule has 0 spiro atoms. The number of para-hydroxylation sites is 1. The number of carbonyl (C=O) groups excluding carboxylic acids is 1. The Labute approximate surface area is 157 Å². The zero-order chi connectivity index (χ0) is 19.1. The molecule has 1 heterocycles. The SMILES string of the molecule is COc1ccc(OC)c(CNC(=O)c2cccnc2Oc2ccccc2)c1. The second-order valence-corrected chi connectivity index (χ2v) is 5.63. The first kappa shape index (κ1) is 18.3. The first-order valence-corrected chi connectivity index (χ1v) is 8.38. The van der Waals surface area contributed by atoms with E-state index < -0.39 is 0 Å². The molecule has 0 bridgehead atoms. The minimum absolute atomic E-state index is 0.249. The van der Waals surface area contributed by atoms with Gasteiger partial charge in [0.25, 0.3) is 5.91 Å². The zero-order valence-electron chi connectivity index (χ0n) is 15.1. The summed E-state index contributed by atoms with van der Waals surface area (Å²) in [6.45, 7) is 0.277. The lowest BCUT2D eigenvalue weighted by Gasteiger charge is -2.13. The van der Waals surface area contributed by atoms with Gasteiger partial charge in [-0.3, -0.25) is 4.79 Å². The molecule has 138 valence electrons. The highest BCUT2D eigenvalue weighted by Gasteiger charge is 2.15. The molecular formula is C21H20N2O4. The molecule has 0 aliphatic heterocycles. The summed E-state index contributed by atoms with van der Waals surface area (Å²) in [6.07, 6.45) is 1.58. The molecule has 0 saturated carbocycles. The number of pyridine rings is 1. The molecule has 2 aromatic carbocycles. The maximum Gasteiger partial charge on any atom is 0.257 e. The molecule has 0 radical (unpaired) electrons. The average Bonchev–Trinajstić information content (AvgIpc) is 2.73. The number of nitrogens with zero attached hydrogens (tertiary/aromatic N) is 1. The topological polar surface area (TPSA) is 69.7 Å². The fourth-order valence-corrected chi connectivity index (χ4v) is 2.54. The molecule has 1 N–H and O–H groups in total. The van der Waals surface area contributed by atoms with E-state index in [1.807, 2.05) is 24.3 Å². The van der Waals surface area contributed by atoms with E-state index >= 15 is 0 Å². The Hall–Kier alpha value is -3.54. The molecule has 1 amide bonds. The molecule has 6 nitrogen and oxygen atoms in total. The zero-order valence-corrected chi connectivity index (χ0v) is 15.1. The minimum atomic E-state index is -0.293. The highest BCUT2D eigenvalue weighted by atomic mass is 16.5. The predicted molar refractivity (Wildman–Crippen MR) is 101 cm³/mol. The van der Waals surface area contributed by atoms with Gasteiger partial charge in [0.2, 0.25) is 5.88 Å². The Kier molecular flexibility index (Phi) is 5.89. The van der Waals surface area contributed by atoms with Gasteiger partial charge in [-0.05, 0) is 42.5 Å². The Balaban J connectivity index is 1.76. The summed E-state index contributed by atoms with van der Waals surface area (Å²) < 4.78 is 16.3. The summed E-state index contributed by atoms with van der Waals surface area (Å²) in [5.41, 5.74) is 1.16. The second kappa shape index (κ2) is 8.71. The van der Waals surface area contributed by atoms with E-state index in [0.29, 0.717) is 22.8 Å². The number of ether oxygens (including phenoxy) is 3. The van der Waals surface area contributed by atoms with Crippen LogP contribution >= 0.6 is 0 Å². The summed E-state index contributed by atoms with van der Waals surface area (Å²) in [7, 11) is 3.17. The number of aromatic nitrogens is 1. The van der Waals surface area contributed by atoms with Crippen LogP contribution in [0.1, 0.15) is 15.9 Å². The van der Waals surface area contributed by atoms with E-state index in [4.69, 9.17) is 14.2 Å². The van der Waals surface area contributed by atoms with Crippen LogP contribution in [0.15, 0.2) is 66.9 Å². The van der Waals surface area contributed by atoms with Crippen LogP contribution in [0.2, 0.25) is 0 Å². The van der Waals surface area contributed by atoms with Crippen molar-refractivity contribution in [2.24, 2.45) is 0 Å². The lowest BCUT2D eigenvalue weighted by Crippen LogP contribution is -2.23. The minimum Gasteiger partial charge on any atom is -0.497 e. The van der Waals surface area contributed by atoms with Crippen molar-refractivity contribution in [3.63, 3.8) is 0 Å². The van der Waals surface area contributed by atoms with Gasteiger partial charge in [-0.2, -0.15) is 0 Å². The van der Waals surface area contributed by atoms with Crippen LogP contribution in [0.4, 0.5) is 0 Å². The van der Waals surface area contributed by atoms with Gasteiger partial charge in [0.15, 0.2) is 0 Å². The monoisotopic (exact) mass is 364 g/mol. The average molecular weight is 364 g/mol. The Morgan fingerprint density at radius 3 is 2.52 bits per heavy atom. The Morgan fingerprint density at radius 1 is 0.963 bits per heavy atom. The smallest absolute Gasteiger partial charge is 0.257 e. The fraction of sp³-hybridized carbons (Fsp3) is 0.143. The quantitative estimate of drug-likeness (QED) is 0.690. The number of methoxy groups -OCH3 is 2. The maximum absolute atomic E-state index is 12.7. The molecule has 0 aliphatic carbocycles. The number of hydrogen-bond acceptors (Lipinski definition) is 5. The summed E-state index contributed by atoms with van der Waals surface area (Å²) in [5.74, 6) is 1.93. The van der Waals surface area contributed by atoms with Gasteiger partial charge in [-0.15, -0.1) is 0 Å². The van der Waals surface area contributed by atoms with E-state index in [2.05, 4.69) is 10.3 Å². The highest BCUT2D eigenvalue weighted by molar-refractivity contribution is 5.96. The van der Waals surface area contributed by atoms with Gasteiger partial charge in [0, 0.05) is 18.3 Å². The predicted octanol–water partition coefficient (Wildman–Crippen LogP) is 3.82. The molecule has 0 unspecified atom stereocenters. The Bertz CT molecular complexity index is 913. The maximum atomic E-state index is 12.7. The third-order valence-corrected chi connectivity index (χ3v) is 3.90. The van der Waals surface area contributed by atoms with Crippen LogP contribution < -0.4 is 19.5 Å². The molecular weight excluding hydrogens is 344 g/mol. The molecule has 0 fully saturated rings. The van der Waals surface area contributed by atoms with E-state index in [1.54, 1.807) is 56.8 Å². The molecule has 1 aromatic heterocycles. The van der Waals surface area contributed by atoms with E-state index in [1.165, 1.54) is 0 Å². The van der Waals surface area contributed by atoms with Crippen LogP contribution in [0.5, 0.6) is 23.1 Å². The van der Waals surface area contributed by atoms with Crippen molar-refractivity contribution in [3.8, 4) is 23.1 Å². The van der Waals surface area contributed by atoms with Crippen molar-refractivity contribution in [2.45, 2.75) is 6.54 Å². The van der Waals surface area contributed by atoms with Gasteiger partial charge in [-0.25, -0.2) is 4.98 Å². The highest BCUT2D eigenvalue weighted by Crippen LogP contribution is 2.25. The molecule has 6 heteroatoms. The summed E-state index contributed by atoms with van der Waals surface area (Å²) in [6, 6.07) is 18.0. The normalized spacial score (nSPS) is 10.1. The van der Waals surface area contributed by atoms with Crippen LogP contribution in [-0.2, 0) is 6.54 Å². The van der Waals surface area contributed by atoms with Crippen LogP contribution in [-0.4, -0.2) is 25.1 Å². The van der Waals surface area contributed by atoms with Crippen molar-refractivity contribution >= 4 is 5.91 Å². The number of amides is 1. The molecule has 0 saturated heterocycles. The molecule has 3 aromatic rings. The number of carbonyl (C=O) groups is 1. The lowest BCUT2D eigenvalue weighted by atomic mass is 10.1. The van der Waals surface area contributed by atoms with Crippen molar-refractivity contribution < 1.29 is 19.0 Å². The van der Waals surface area contributed by atoms with Gasteiger partial charge in [-0.1, -0.05) is 18.2 Å².